The Morgan fingerprint density at radius 3 is 2.73 bits per heavy atom. The van der Waals surface area contributed by atoms with Crippen LogP contribution in [0.5, 0.6) is 0 Å². The van der Waals surface area contributed by atoms with E-state index in [1.54, 1.807) is 11.3 Å². The smallest absolute Gasteiger partial charge is 0.267 e. The van der Waals surface area contributed by atoms with Crippen LogP contribution in [0.3, 0.4) is 0 Å². The number of rotatable bonds is 7. The molecule has 5 heteroatoms. The van der Waals surface area contributed by atoms with Gasteiger partial charge in [-0.3, -0.25) is 4.79 Å². The summed E-state index contributed by atoms with van der Waals surface area (Å²) in [6.07, 6.45) is 3.74. The molecule has 0 atom stereocenters. The molecule has 0 radical (unpaired) electrons. The lowest BCUT2D eigenvalue weighted by molar-refractivity contribution is 0.0945. The highest BCUT2D eigenvalue weighted by Crippen LogP contribution is 2.26. The zero-order valence-corrected chi connectivity index (χ0v) is 17.4. The number of hydrogen-bond acceptors (Lipinski definition) is 2. The fraction of sp³-hybridized carbons (Fsp3) is 0.160. The van der Waals surface area contributed by atoms with Gasteiger partial charge in [-0.1, -0.05) is 48.5 Å². The third kappa shape index (κ3) is 3.64. The molecule has 0 spiro atoms. The zero-order valence-electron chi connectivity index (χ0n) is 16.6. The predicted molar refractivity (Wildman–Crippen MR) is 124 cm³/mol. The van der Waals surface area contributed by atoms with Crippen molar-refractivity contribution in [1.82, 2.24) is 14.9 Å². The third-order valence-corrected chi connectivity index (χ3v) is 6.43. The van der Waals surface area contributed by atoms with Gasteiger partial charge in [-0.05, 0) is 47.5 Å². The third-order valence-electron chi connectivity index (χ3n) is 5.58. The summed E-state index contributed by atoms with van der Waals surface area (Å²) < 4.78 is 3.31. The first-order valence-electron chi connectivity index (χ1n) is 10.2. The molecule has 0 unspecified atom stereocenters. The lowest BCUT2D eigenvalue weighted by Gasteiger charge is -2.11. The van der Waals surface area contributed by atoms with E-state index < -0.39 is 0 Å². The van der Waals surface area contributed by atoms with Crippen molar-refractivity contribution in [2.75, 3.05) is 6.54 Å². The Balaban J connectivity index is 1.30. The first kappa shape index (κ1) is 18.7. The first-order chi connectivity index (χ1) is 14.8. The molecule has 0 aliphatic carbocycles. The van der Waals surface area contributed by atoms with E-state index in [0.29, 0.717) is 6.54 Å². The number of carbonyl (C=O) groups is 1. The van der Waals surface area contributed by atoms with Crippen LogP contribution >= 0.6 is 11.3 Å². The number of para-hydroxylation sites is 1. The summed E-state index contributed by atoms with van der Waals surface area (Å²) >= 11 is 1.68. The average Bonchev–Trinajstić information content (AvgIpc) is 3.48. The SMILES string of the molecule is O=C(NCCc1c[nH]c2ccccc12)c1cc2sccc2n1CCc1ccccc1. The Kier molecular flexibility index (Phi) is 5.11. The van der Waals surface area contributed by atoms with E-state index in [2.05, 4.69) is 62.7 Å². The van der Waals surface area contributed by atoms with Gasteiger partial charge in [-0.25, -0.2) is 0 Å². The summed E-state index contributed by atoms with van der Waals surface area (Å²) in [5, 5.41) is 6.43. The number of aromatic nitrogens is 2. The maximum Gasteiger partial charge on any atom is 0.267 e. The van der Waals surface area contributed by atoms with E-state index in [4.69, 9.17) is 0 Å². The largest absolute Gasteiger partial charge is 0.361 e. The van der Waals surface area contributed by atoms with E-state index >= 15 is 0 Å². The van der Waals surface area contributed by atoms with Crippen LogP contribution in [-0.4, -0.2) is 22.0 Å². The van der Waals surface area contributed by atoms with Crippen LogP contribution in [0.25, 0.3) is 21.1 Å². The van der Waals surface area contributed by atoms with Gasteiger partial charge in [0.1, 0.15) is 5.69 Å². The molecule has 0 saturated heterocycles. The quantitative estimate of drug-likeness (QED) is 0.369. The second-order valence-corrected chi connectivity index (χ2v) is 8.40. The Labute approximate surface area is 179 Å². The molecule has 0 fully saturated rings. The molecule has 150 valence electrons. The lowest BCUT2D eigenvalue weighted by atomic mass is 10.1. The highest BCUT2D eigenvalue weighted by molar-refractivity contribution is 7.17. The molecule has 0 bridgehead atoms. The summed E-state index contributed by atoms with van der Waals surface area (Å²) in [6, 6.07) is 22.8. The molecular formula is C25H23N3OS. The number of hydrogen-bond donors (Lipinski definition) is 2. The van der Waals surface area contributed by atoms with E-state index in [9.17, 15) is 4.79 Å². The van der Waals surface area contributed by atoms with Crippen molar-refractivity contribution < 1.29 is 4.79 Å². The average molecular weight is 414 g/mol. The number of carbonyl (C=O) groups excluding carboxylic acids is 1. The topological polar surface area (TPSA) is 49.8 Å². The Morgan fingerprint density at radius 2 is 1.83 bits per heavy atom. The van der Waals surface area contributed by atoms with Gasteiger partial charge in [-0.2, -0.15) is 0 Å². The van der Waals surface area contributed by atoms with E-state index in [1.165, 1.54) is 16.5 Å². The van der Waals surface area contributed by atoms with Crippen molar-refractivity contribution in [2.24, 2.45) is 0 Å². The summed E-state index contributed by atoms with van der Waals surface area (Å²) in [5.41, 5.74) is 5.52. The summed E-state index contributed by atoms with van der Waals surface area (Å²) in [6.45, 7) is 1.40. The Hall–Kier alpha value is -3.31. The zero-order chi connectivity index (χ0) is 20.3. The molecule has 30 heavy (non-hydrogen) atoms. The second-order valence-electron chi connectivity index (χ2n) is 7.45. The molecule has 0 aliphatic heterocycles. The molecule has 1 amide bonds. The van der Waals surface area contributed by atoms with Crippen LogP contribution in [0.2, 0.25) is 0 Å². The van der Waals surface area contributed by atoms with Crippen molar-refractivity contribution in [3.8, 4) is 0 Å². The summed E-state index contributed by atoms with van der Waals surface area (Å²) in [7, 11) is 0. The number of aryl methyl sites for hydroxylation is 2. The minimum absolute atomic E-state index is 0.00805. The van der Waals surface area contributed by atoms with Gasteiger partial charge in [-0.15, -0.1) is 11.3 Å². The molecule has 5 rings (SSSR count). The molecule has 2 aromatic carbocycles. The van der Waals surface area contributed by atoms with Crippen molar-refractivity contribution in [2.45, 2.75) is 19.4 Å². The van der Waals surface area contributed by atoms with Gasteiger partial charge in [0.15, 0.2) is 0 Å². The number of thiophene rings is 1. The second kappa shape index (κ2) is 8.20. The minimum Gasteiger partial charge on any atom is -0.361 e. The van der Waals surface area contributed by atoms with Gasteiger partial charge in [0, 0.05) is 30.2 Å². The number of nitrogens with one attached hydrogen (secondary N) is 2. The van der Waals surface area contributed by atoms with Gasteiger partial charge < -0.3 is 14.9 Å². The van der Waals surface area contributed by atoms with Gasteiger partial charge in [0.05, 0.1) is 10.2 Å². The van der Waals surface area contributed by atoms with Crippen LogP contribution in [-0.2, 0) is 19.4 Å². The van der Waals surface area contributed by atoms with Gasteiger partial charge in [0.25, 0.3) is 5.91 Å². The van der Waals surface area contributed by atoms with Crippen LogP contribution in [0, 0.1) is 0 Å². The highest BCUT2D eigenvalue weighted by Gasteiger charge is 2.16. The molecule has 5 aromatic rings. The number of amides is 1. The number of aromatic amines is 1. The number of nitrogens with zero attached hydrogens (tertiary/aromatic N) is 1. The summed E-state index contributed by atoms with van der Waals surface area (Å²) in [5.74, 6) is -0.00805. The Bertz CT molecular complexity index is 1300. The minimum atomic E-state index is -0.00805. The molecule has 0 aliphatic rings. The van der Waals surface area contributed by atoms with Crippen molar-refractivity contribution >= 4 is 38.4 Å². The fourth-order valence-corrected chi connectivity index (χ4v) is 4.85. The first-order valence-corrected chi connectivity index (χ1v) is 11.1. The lowest BCUT2D eigenvalue weighted by Crippen LogP contribution is -2.28. The predicted octanol–water partition coefficient (Wildman–Crippen LogP) is 5.40. The standard InChI is InChI=1S/C25H23N3OS/c29-25(26-13-10-19-17-27-21-9-5-4-8-20(19)21)23-16-24-22(12-15-30-24)28(23)14-11-18-6-2-1-3-7-18/h1-9,12,15-17,27H,10-11,13-14H2,(H,26,29). The van der Waals surface area contributed by atoms with Gasteiger partial charge in [0.2, 0.25) is 0 Å². The van der Waals surface area contributed by atoms with Crippen molar-refractivity contribution in [3.05, 3.63) is 95.1 Å². The maximum atomic E-state index is 13.0. The number of H-pyrrole nitrogens is 1. The van der Waals surface area contributed by atoms with Gasteiger partial charge >= 0.3 is 0 Å². The normalized spacial score (nSPS) is 11.3. The van der Waals surface area contributed by atoms with Crippen molar-refractivity contribution in [3.63, 3.8) is 0 Å². The fourth-order valence-electron chi connectivity index (χ4n) is 4.03. The monoisotopic (exact) mass is 413 g/mol. The maximum absolute atomic E-state index is 13.0. The molecule has 0 saturated carbocycles. The number of fused-ring (bicyclic) bond motifs is 2. The molecule has 3 aromatic heterocycles. The summed E-state index contributed by atoms with van der Waals surface area (Å²) in [4.78, 5) is 16.3. The Morgan fingerprint density at radius 1 is 1.00 bits per heavy atom. The molecule has 4 nitrogen and oxygen atoms in total. The molecule has 2 N–H and O–H groups in total. The van der Waals surface area contributed by atoms with Crippen molar-refractivity contribution in [1.29, 1.82) is 0 Å². The van der Waals surface area contributed by atoms with Crippen LogP contribution in [0.1, 0.15) is 21.6 Å². The van der Waals surface area contributed by atoms with Crippen LogP contribution in [0.4, 0.5) is 0 Å². The van der Waals surface area contributed by atoms with E-state index in [1.807, 2.05) is 30.5 Å². The van der Waals surface area contributed by atoms with E-state index in [-0.39, 0.29) is 5.91 Å². The van der Waals surface area contributed by atoms with Crippen LogP contribution < -0.4 is 5.32 Å². The highest BCUT2D eigenvalue weighted by atomic mass is 32.1. The van der Waals surface area contributed by atoms with E-state index in [0.717, 1.165) is 40.8 Å². The van der Waals surface area contributed by atoms with Crippen LogP contribution in [0.15, 0.2) is 78.3 Å². The molecule has 3 heterocycles. The molecular weight excluding hydrogens is 390 g/mol. The number of benzene rings is 2.